The molecule has 0 aliphatic rings. The van der Waals surface area contributed by atoms with Crippen LogP contribution in [0.4, 0.5) is 0 Å². The largest absolute Gasteiger partial charge is 0.383 e. The third-order valence-corrected chi connectivity index (χ3v) is 3.06. The summed E-state index contributed by atoms with van der Waals surface area (Å²) >= 11 is 0. The first kappa shape index (κ1) is 15.9. The summed E-state index contributed by atoms with van der Waals surface area (Å²) in [7, 11) is 3.97. The normalized spacial score (nSPS) is 15.8. The Morgan fingerprint density at radius 3 is 2.31 bits per heavy atom. The summed E-state index contributed by atoms with van der Waals surface area (Å²) in [6.45, 7) is 10.7. The van der Waals surface area contributed by atoms with E-state index < -0.39 is 0 Å². The minimum Gasteiger partial charge on any atom is -0.383 e. The Balaban J connectivity index is 4.15. The molecule has 0 rings (SSSR count). The first-order chi connectivity index (χ1) is 7.52. The molecule has 0 aromatic rings. The number of rotatable bonds is 9. The van der Waals surface area contributed by atoms with Gasteiger partial charge in [0.25, 0.3) is 0 Å². The van der Waals surface area contributed by atoms with Crippen LogP contribution in [-0.4, -0.2) is 50.3 Å². The lowest BCUT2D eigenvalue weighted by Gasteiger charge is -2.33. The van der Waals surface area contributed by atoms with Crippen LogP contribution in [-0.2, 0) is 4.74 Å². The molecule has 0 saturated carbocycles. The smallest absolute Gasteiger partial charge is 0.0615 e. The van der Waals surface area contributed by atoms with E-state index in [1.165, 1.54) is 12.8 Å². The predicted octanol–water partition coefficient (Wildman–Crippen LogP) is 2.12. The molecule has 16 heavy (non-hydrogen) atoms. The van der Waals surface area contributed by atoms with Crippen LogP contribution in [0.3, 0.4) is 0 Å². The maximum absolute atomic E-state index is 5.22. The van der Waals surface area contributed by atoms with Crippen LogP contribution in [0.1, 0.15) is 40.5 Å². The van der Waals surface area contributed by atoms with Crippen molar-refractivity contribution in [3.8, 4) is 0 Å². The van der Waals surface area contributed by atoms with E-state index in [1.807, 2.05) is 0 Å². The Hall–Kier alpha value is -0.120. The molecule has 2 unspecified atom stereocenters. The third kappa shape index (κ3) is 6.46. The fraction of sp³-hybridized carbons (Fsp3) is 1.00. The van der Waals surface area contributed by atoms with Gasteiger partial charge in [-0.3, -0.25) is 4.90 Å². The molecule has 0 amide bonds. The van der Waals surface area contributed by atoms with Gasteiger partial charge >= 0.3 is 0 Å². The lowest BCUT2D eigenvalue weighted by Crippen LogP contribution is -2.47. The van der Waals surface area contributed by atoms with Gasteiger partial charge in [0.15, 0.2) is 0 Å². The highest BCUT2D eigenvalue weighted by atomic mass is 16.5. The second kappa shape index (κ2) is 8.97. The van der Waals surface area contributed by atoms with Gasteiger partial charge < -0.3 is 10.1 Å². The molecule has 0 saturated heterocycles. The van der Waals surface area contributed by atoms with Crippen LogP contribution >= 0.6 is 0 Å². The van der Waals surface area contributed by atoms with Crippen LogP contribution in [0.25, 0.3) is 0 Å². The Bertz CT molecular complexity index is 162. The minimum atomic E-state index is 0.482. The summed E-state index contributed by atoms with van der Waals surface area (Å²) in [6, 6.07) is 1.65. The van der Waals surface area contributed by atoms with Crippen LogP contribution in [0, 0.1) is 0 Å². The molecule has 0 aliphatic heterocycles. The second-order valence-electron chi connectivity index (χ2n) is 4.98. The highest BCUT2D eigenvalue weighted by Crippen LogP contribution is 2.09. The van der Waals surface area contributed by atoms with Crippen LogP contribution in [0.15, 0.2) is 0 Å². The number of nitrogens with zero attached hydrogens (tertiary/aromatic N) is 1. The van der Waals surface area contributed by atoms with Crippen molar-refractivity contribution in [2.24, 2.45) is 0 Å². The molecule has 3 heteroatoms. The maximum Gasteiger partial charge on any atom is 0.0615 e. The van der Waals surface area contributed by atoms with Gasteiger partial charge in [-0.05, 0) is 20.4 Å². The number of hydrogen-bond acceptors (Lipinski definition) is 3. The quantitative estimate of drug-likeness (QED) is 0.656. The Morgan fingerprint density at radius 2 is 1.88 bits per heavy atom. The van der Waals surface area contributed by atoms with Crippen LogP contribution < -0.4 is 5.32 Å². The summed E-state index contributed by atoms with van der Waals surface area (Å²) in [5.41, 5.74) is 0. The van der Waals surface area contributed by atoms with Crippen molar-refractivity contribution >= 4 is 0 Å². The fourth-order valence-corrected chi connectivity index (χ4v) is 1.87. The fourth-order valence-electron chi connectivity index (χ4n) is 1.87. The van der Waals surface area contributed by atoms with Crippen molar-refractivity contribution in [1.82, 2.24) is 10.2 Å². The predicted molar refractivity (Wildman–Crippen MR) is 70.9 cm³/mol. The average Bonchev–Trinajstić information content (AvgIpc) is 2.23. The molecule has 0 radical (unpaired) electrons. The monoisotopic (exact) mass is 230 g/mol. The molecule has 3 nitrogen and oxygen atoms in total. The van der Waals surface area contributed by atoms with Crippen molar-refractivity contribution in [2.45, 2.75) is 58.7 Å². The average molecular weight is 230 g/mol. The molecule has 98 valence electrons. The van der Waals surface area contributed by atoms with E-state index in [-0.39, 0.29) is 0 Å². The summed E-state index contributed by atoms with van der Waals surface area (Å²) in [4.78, 5) is 2.43. The Kier molecular flexibility index (Phi) is 8.90. The number of methoxy groups -OCH3 is 1. The summed E-state index contributed by atoms with van der Waals surface area (Å²) in [6.07, 6.45) is 2.47. The zero-order valence-corrected chi connectivity index (χ0v) is 11.9. The SMILES string of the molecule is CCCC(CNC(C)C)N(C)C(C)COC. The van der Waals surface area contributed by atoms with Gasteiger partial charge in [0.05, 0.1) is 6.61 Å². The highest BCUT2D eigenvalue weighted by molar-refractivity contribution is 4.76. The lowest BCUT2D eigenvalue weighted by molar-refractivity contribution is 0.0847. The minimum absolute atomic E-state index is 0.482. The second-order valence-corrected chi connectivity index (χ2v) is 4.98. The zero-order chi connectivity index (χ0) is 12.6. The molecule has 0 heterocycles. The number of ether oxygens (including phenoxy) is 1. The van der Waals surface area contributed by atoms with Crippen molar-refractivity contribution < 1.29 is 4.74 Å². The molecule has 0 spiro atoms. The number of likely N-dealkylation sites (N-methyl/N-ethyl adjacent to an activating group) is 1. The first-order valence-corrected chi connectivity index (χ1v) is 6.47. The molecule has 1 N–H and O–H groups in total. The first-order valence-electron chi connectivity index (χ1n) is 6.47. The standard InChI is InChI=1S/C13H30N2O/c1-7-8-13(9-14-11(2)3)15(5)12(4)10-16-6/h11-14H,7-10H2,1-6H3. The van der Waals surface area contributed by atoms with E-state index in [0.29, 0.717) is 18.1 Å². The van der Waals surface area contributed by atoms with Gasteiger partial charge in [0.1, 0.15) is 0 Å². The van der Waals surface area contributed by atoms with E-state index in [2.05, 4.69) is 45.0 Å². The summed E-state index contributed by atoms with van der Waals surface area (Å²) in [5.74, 6) is 0. The van der Waals surface area contributed by atoms with Crippen molar-refractivity contribution in [1.29, 1.82) is 0 Å². The molecular formula is C13H30N2O. The van der Waals surface area contributed by atoms with Gasteiger partial charge in [-0.15, -0.1) is 0 Å². The van der Waals surface area contributed by atoms with Gasteiger partial charge in [0.2, 0.25) is 0 Å². The molecule has 0 aromatic carbocycles. The van der Waals surface area contributed by atoms with E-state index >= 15 is 0 Å². The molecule has 2 atom stereocenters. The molecular weight excluding hydrogens is 200 g/mol. The lowest BCUT2D eigenvalue weighted by atomic mass is 10.1. The van der Waals surface area contributed by atoms with E-state index in [9.17, 15) is 0 Å². The zero-order valence-electron chi connectivity index (χ0n) is 11.9. The van der Waals surface area contributed by atoms with Crippen LogP contribution in [0.2, 0.25) is 0 Å². The third-order valence-electron chi connectivity index (χ3n) is 3.06. The topological polar surface area (TPSA) is 24.5 Å². The molecule has 0 bridgehead atoms. The molecule has 0 aromatic heterocycles. The Labute approximate surface area is 102 Å². The van der Waals surface area contributed by atoms with Gasteiger partial charge in [-0.25, -0.2) is 0 Å². The Morgan fingerprint density at radius 1 is 1.25 bits per heavy atom. The number of nitrogens with one attached hydrogen (secondary N) is 1. The summed E-state index contributed by atoms with van der Waals surface area (Å²) in [5, 5.41) is 3.53. The molecule has 0 aliphatic carbocycles. The van der Waals surface area contributed by atoms with Crippen molar-refractivity contribution in [3.05, 3.63) is 0 Å². The van der Waals surface area contributed by atoms with Gasteiger partial charge in [0, 0.05) is 31.8 Å². The van der Waals surface area contributed by atoms with Crippen molar-refractivity contribution in [2.75, 3.05) is 27.3 Å². The number of hydrogen-bond donors (Lipinski definition) is 1. The van der Waals surface area contributed by atoms with Gasteiger partial charge in [-0.1, -0.05) is 27.2 Å². The van der Waals surface area contributed by atoms with E-state index in [4.69, 9.17) is 4.74 Å². The van der Waals surface area contributed by atoms with Gasteiger partial charge in [-0.2, -0.15) is 0 Å². The maximum atomic E-state index is 5.22. The van der Waals surface area contributed by atoms with Crippen molar-refractivity contribution in [3.63, 3.8) is 0 Å². The van der Waals surface area contributed by atoms with E-state index in [1.54, 1.807) is 7.11 Å². The van der Waals surface area contributed by atoms with E-state index in [0.717, 1.165) is 13.2 Å². The van der Waals surface area contributed by atoms with Crippen LogP contribution in [0.5, 0.6) is 0 Å². The highest BCUT2D eigenvalue weighted by Gasteiger charge is 2.18. The molecule has 0 fully saturated rings. The summed E-state index contributed by atoms with van der Waals surface area (Å²) < 4.78 is 5.22.